The van der Waals surface area contributed by atoms with Gasteiger partial charge in [-0.15, -0.1) is 11.3 Å². The summed E-state index contributed by atoms with van der Waals surface area (Å²) in [6.45, 7) is 0. The normalized spacial score (nSPS) is 11.8. The number of hydrogen-bond donors (Lipinski definition) is 0. The molecule has 10 rings (SSSR count). The van der Waals surface area contributed by atoms with Crippen LogP contribution >= 0.6 is 11.3 Å². The Morgan fingerprint density at radius 3 is 1.60 bits per heavy atom. The maximum absolute atomic E-state index is 2.43. The molecule has 0 fully saturated rings. The average Bonchev–Trinajstić information content (AvgIpc) is 3.53. The monoisotopic (exact) mass is 627 g/mol. The predicted octanol–water partition coefficient (Wildman–Crippen LogP) is 13.8. The zero-order chi connectivity index (χ0) is 31.6. The van der Waals surface area contributed by atoms with E-state index in [-0.39, 0.29) is 0 Å². The Kier molecular flexibility index (Phi) is 6.12. The first kappa shape index (κ1) is 27.2. The summed E-state index contributed by atoms with van der Waals surface area (Å²) < 4.78 is 2.61. The van der Waals surface area contributed by atoms with E-state index in [0.717, 1.165) is 17.1 Å². The number of rotatable bonds is 4. The second-order valence-corrected chi connectivity index (χ2v) is 13.6. The fraction of sp³-hybridized carbons (Fsp3) is 0. The van der Waals surface area contributed by atoms with E-state index in [4.69, 9.17) is 0 Å². The molecule has 0 amide bonds. The van der Waals surface area contributed by atoms with E-state index in [9.17, 15) is 0 Å². The molecule has 0 aliphatic carbocycles. The molecule has 0 N–H and O–H groups in total. The van der Waals surface area contributed by atoms with Crippen molar-refractivity contribution < 1.29 is 0 Å². The Bertz CT molecular complexity index is 2830. The molecule has 10 aromatic rings. The van der Waals surface area contributed by atoms with Gasteiger partial charge >= 0.3 is 0 Å². The minimum Gasteiger partial charge on any atom is -0.310 e. The Morgan fingerprint density at radius 2 is 0.833 bits per heavy atom. The second kappa shape index (κ2) is 10.8. The highest BCUT2D eigenvalue weighted by atomic mass is 32.1. The van der Waals surface area contributed by atoms with Gasteiger partial charge in [0.25, 0.3) is 0 Å². The van der Waals surface area contributed by atoms with Gasteiger partial charge in [0.15, 0.2) is 0 Å². The van der Waals surface area contributed by atoms with Crippen molar-refractivity contribution in [1.29, 1.82) is 0 Å². The molecule has 0 radical (unpaired) electrons. The van der Waals surface area contributed by atoms with Gasteiger partial charge in [0.2, 0.25) is 0 Å². The van der Waals surface area contributed by atoms with Crippen LogP contribution in [0.25, 0.3) is 74.4 Å². The quantitative estimate of drug-likeness (QED) is 0.176. The highest BCUT2D eigenvalue weighted by Crippen LogP contribution is 2.44. The van der Waals surface area contributed by atoms with Crippen LogP contribution in [0.15, 0.2) is 176 Å². The van der Waals surface area contributed by atoms with Crippen molar-refractivity contribution in [3.05, 3.63) is 176 Å². The summed E-state index contributed by atoms with van der Waals surface area (Å²) in [7, 11) is 0. The lowest BCUT2D eigenvalue weighted by molar-refractivity contribution is 1.30. The molecule has 0 spiro atoms. The first-order chi connectivity index (χ1) is 23.8. The zero-order valence-corrected chi connectivity index (χ0v) is 26.9. The third-order valence-electron chi connectivity index (χ3n) is 9.79. The van der Waals surface area contributed by atoms with E-state index in [0.29, 0.717) is 0 Å². The zero-order valence-electron chi connectivity index (χ0n) is 26.1. The molecule has 1 heterocycles. The lowest BCUT2D eigenvalue weighted by Gasteiger charge is -2.27. The third-order valence-corrected chi connectivity index (χ3v) is 10.9. The van der Waals surface area contributed by atoms with Crippen molar-refractivity contribution in [3.8, 4) is 11.1 Å². The molecule has 224 valence electrons. The topological polar surface area (TPSA) is 3.24 Å². The van der Waals surface area contributed by atoms with E-state index >= 15 is 0 Å². The van der Waals surface area contributed by atoms with Crippen LogP contribution in [0.5, 0.6) is 0 Å². The van der Waals surface area contributed by atoms with Gasteiger partial charge in [0.05, 0.1) is 0 Å². The summed E-state index contributed by atoms with van der Waals surface area (Å²) in [6.07, 6.45) is 0. The van der Waals surface area contributed by atoms with Gasteiger partial charge in [-0.1, -0.05) is 127 Å². The number of nitrogens with zero attached hydrogens (tertiary/aromatic N) is 1. The largest absolute Gasteiger partial charge is 0.310 e. The van der Waals surface area contributed by atoms with E-state index in [2.05, 4.69) is 181 Å². The Morgan fingerprint density at radius 1 is 0.292 bits per heavy atom. The average molecular weight is 628 g/mol. The second-order valence-electron chi connectivity index (χ2n) is 12.5. The lowest BCUT2D eigenvalue weighted by atomic mass is 9.94. The number of anilines is 3. The summed E-state index contributed by atoms with van der Waals surface area (Å²) in [5, 5.41) is 12.8. The Labute approximate surface area is 282 Å². The molecule has 9 aromatic carbocycles. The van der Waals surface area contributed by atoms with Crippen molar-refractivity contribution in [1.82, 2.24) is 0 Å². The molecule has 2 heteroatoms. The van der Waals surface area contributed by atoms with Gasteiger partial charge in [-0.2, -0.15) is 0 Å². The van der Waals surface area contributed by atoms with Crippen molar-refractivity contribution in [2.24, 2.45) is 0 Å². The number of hydrogen-bond acceptors (Lipinski definition) is 2. The van der Waals surface area contributed by atoms with Crippen LogP contribution in [0.4, 0.5) is 17.1 Å². The van der Waals surface area contributed by atoms with E-state index in [1.54, 1.807) is 0 Å². The third kappa shape index (κ3) is 4.31. The maximum atomic E-state index is 2.43. The molecule has 0 unspecified atom stereocenters. The van der Waals surface area contributed by atoms with E-state index in [1.165, 1.54) is 74.4 Å². The number of benzene rings is 9. The van der Waals surface area contributed by atoms with Gasteiger partial charge in [-0.05, 0) is 103 Å². The first-order valence-electron chi connectivity index (χ1n) is 16.4. The molecule has 0 saturated heterocycles. The first-order valence-corrected chi connectivity index (χ1v) is 17.2. The van der Waals surface area contributed by atoms with Crippen molar-refractivity contribution in [2.75, 3.05) is 4.90 Å². The maximum Gasteiger partial charge on any atom is 0.0476 e. The fourth-order valence-electron chi connectivity index (χ4n) is 7.53. The molecule has 0 bridgehead atoms. The number of fused-ring (bicyclic) bond motifs is 10. The van der Waals surface area contributed by atoms with Crippen LogP contribution < -0.4 is 4.90 Å². The van der Waals surface area contributed by atoms with Crippen LogP contribution in [-0.2, 0) is 0 Å². The van der Waals surface area contributed by atoms with E-state index < -0.39 is 0 Å². The minimum absolute atomic E-state index is 1.13. The van der Waals surface area contributed by atoms with E-state index in [1.807, 2.05) is 11.3 Å². The predicted molar refractivity (Wildman–Crippen MR) is 209 cm³/mol. The molecule has 0 aliphatic heterocycles. The molecule has 48 heavy (non-hydrogen) atoms. The van der Waals surface area contributed by atoms with Gasteiger partial charge in [-0.3, -0.25) is 0 Å². The molecular formula is C46H29NS. The van der Waals surface area contributed by atoms with Gasteiger partial charge in [0, 0.05) is 37.2 Å². The van der Waals surface area contributed by atoms with Crippen LogP contribution in [-0.4, -0.2) is 0 Å². The smallest absolute Gasteiger partial charge is 0.0476 e. The summed E-state index contributed by atoms with van der Waals surface area (Å²) in [5.74, 6) is 0. The van der Waals surface area contributed by atoms with Crippen molar-refractivity contribution in [3.63, 3.8) is 0 Å². The van der Waals surface area contributed by atoms with Crippen LogP contribution in [0.1, 0.15) is 0 Å². The summed E-state index contributed by atoms with van der Waals surface area (Å²) in [5.41, 5.74) is 5.83. The van der Waals surface area contributed by atoms with Gasteiger partial charge < -0.3 is 4.90 Å². The van der Waals surface area contributed by atoms with Gasteiger partial charge in [0.1, 0.15) is 0 Å². The van der Waals surface area contributed by atoms with Crippen LogP contribution in [0.3, 0.4) is 0 Å². The summed E-state index contributed by atoms with van der Waals surface area (Å²) in [4.78, 5) is 2.43. The molecule has 1 aromatic heterocycles. The highest BCUT2D eigenvalue weighted by Gasteiger charge is 2.18. The van der Waals surface area contributed by atoms with Crippen LogP contribution in [0.2, 0.25) is 0 Å². The standard InChI is InChI=1S/C46H29NS/c1-2-11-31-26-33(21-20-30(31)10-1)32-12-9-13-34(27-32)47(36-23-25-43-42-18-7-8-19-45(42)48-46(43)29-36)35-22-24-41-39-16-4-3-14-37(39)38-15-5-6-17-40(38)44(41)28-35/h1-29H. The number of thiophene rings is 1. The molecule has 0 aliphatic rings. The molecular weight excluding hydrogens is 599 g/mol. The molecule has 0 saturated carbocycles. The minimum atomic E-state index is 1.13. The summed E-state index contributed by atoms with van der Waals surface area (Å²) in [6, 6.07) is 64.6. The van der Waals surface area contributed by atoms with Crippen molar-refractivity contribution >= 4 is 91.7 Å². The fourth-order valence-corrected chi connectivity index (χ4v) is 8.67. The van der Waals surface area contributed by atoms with Crippen LogP contribution in [0, 0.1) is 0 Å². The Balaban J connectivity index is 1.21. The summed E-state index contributed by atoms with van der Waals surface area (Å²) >= 11 is 1.86. The molecule has 0 atom stereocenters. The Hall–Kier alpha value is -5.96. The SMILES string of the molecule is c1cc(-c2ccc3ccccc3c2)cc(N(c2ccc3c(c2)sc2ccccc23)c2ccc3c4ccccc4c4ccccc4c3c2)c1. The highest BCUT2D eigenvalue weighted by molar-refractivity contribution is 7.25. The lowest BCUT2D eigenvalue weighted by Crippen LogP contribution is -2.10. The van der Waals surface area contributed by atoms with Gasteiger partial charge in [-0.25, -0.2) is 0 Å². The molecule has 1 nitrogen and oxygen atoms in total. The van der Waals surface area contributed by atoms with Crippen molar-refractivity contribution in [2.45, 2.75) is 0 Å².